The summed E-state index contributed by atoms with van der Waals surface area (Å²) in [5.41, 5.74) is 0. The van der Waals surface area contributed by atoms with Gasteiger partial charge in [-0.25, -0.2) is 9.13 Å². The zero-order valence-corrected chi connectivity index (χ0v) is 73.6. The van der Waals surface area contributed by atoms with E-state index >= 15 is 0 Å². The van der Waals surface area contributed by atoms with E-state index in [-0.39, 0.29) is 19.3 Å². The maximum atomic E-state index is 13.0. The van der Waals surface area contributed by atoms with Crippen LogP contribution in [0.2, 0.25) is 0 Å². The molecule has 0 aromatic heterocycles. The lowest BCUT2D eigenvalue weighted by atomic mass is 10.0. The number of allylic oxidation sites excluding steroid dienone is 22. The van der Waals surface area contributed by atoms with Gasteiger partial charge in [0.25, 0.3) is 0 Å². The SMILES string of the molecule is CC/C=C\C/C=C\C/C=C\C/C=C\C/C=C\C/C=C\CCCCCCCCCCCCCCCCCCC(=O)OCC(O)COP(=O)(O)OCC(O)COP(=O)(O)OCC(COC(=O)CCCCCCCCCCCCC/C=C\C/C=C\C/C=C\C/C=C\C/C=C\CC)OC(=O)CCCCCCCCCCCCCCCCC. The number of ether oxygens (including phenoxy) is 3. The number of aliphatic hydroxyl groups is 2. The first-order valence-electron chi connectivity index (χ1n) is 45.5. The third-order valence-corrected chi connectivity index (χ3v) is 21.3. The van der Waals surface area contributed by atoms with Crippen LogP contribution in [0.1, 0.15) is 393 Å². The second kappa shape index (κ2) is 87.0. The van der Waals surface area contributed by atoms with Crippen molar-refractivity contribution in [2.45, 2.75) is 411 Å². The van der Waals surface area contributed by atoms with Gasteiger partial charge in [0.2, 0.25) is 0 Å². The Morgan fingerprint density at radius 3 is 0.743 bits per heavy atom. The molecule has 0 radical (unpaired) electrons. The number of carbonyl (C=O) groups is 3. The summed E-state index contributed by atoms with van der Waals surface area (Å²) in [6, 6.07) is 0. The van der Waals surface area contributed by atoms with E-state index in [1.165, 1.54) is 186 Å². The molecule has 0 rings (SSSR count). The van der Waals surface area contributed by atoms with E-state index in [1.54, 1.807) is 0 Å². The molecule has 0 aromatic rings. The molecule has 113 heavy (non-hydrogen) atoms. The van der Waals surface area contributed by atoms with Crippen LogP contribution in [0.5, 0.6) is 0 Å². The van der Waals surface area contributed by atoms with Crippen LogP contribution in [-0.2, 0) is 55.8 Å². The number of carbonyl (C=O) groups excluding carboxylic acids is 3. The van der Waals surface area contributed by atoms with E-state index < -0.39 is 91.5 Å². The average Bonchev–Trinajstić information content (AvgIpc) is 0.904. The minimum absolute atomic E-state index is 0.107. The van der Waals surface area contributed by atoms with E-state index in [0.717, 1.165) is 148 Å². The largest absolute Gasteiger partial charge is 0.472 e. The molecule has 0 heterocycles. The molecule has 0 saturated carbocycles. The van der Waals surface area contributed by atoms with Gasteiger partial charge in [0.05, 0.1) is 26.4 Å². The predicted molar refractivity (Wildman–Crippen MR) is 473 cm³/mol. The second-order valence-electron chi connectivity index (χ2n) is 30.4. The first-order chi connectivity index (χ1) is 55.2. The van der Waals surface area contributed by atoms with Crippen molar-refractivity contribution >= 4 is 33.6 Å². The van der Waals surface area contributed by atoms with E-state index in [4.69, 9.17) is 32.3 Å². The van der Waals surface area contributed by atoms with Crippen molar-refractivity contribution in [3.8, 4) is 0 Å². The number of hydrogen-bond acceptors (Lipinski definition) is 14. The highest BCUT2D eigenvalue weighted by atomic mass is 31.2. The fraction of sp³-hybridized carbons (Fsp3) is 0.737. The molecule has 0 aliphatic carbocycles. The van der Waals surface area contributed by atoms with Gasteiger partial charge in [-0.3, -0.25) is 32.5 Å². The lowest BCUT2D eigenvalue weighted by Gasteiger charge is -2.21. The Morgan fingerprint density at radius 1 is 0.257 bits per heavy atom. The van der Waals surface area contributed by atoms with Crippen LogP contribution in [0.15, 0.2) is 134 Å². The molecule has 0 bridgehead atoms. The molecule has 0 saturated heterocycles. The number of phosphoric acid groups is 2. The molecule has 652 valence electrons. The van der Waals surface area contributed by atoms with Crippen molar-refractivity contribution in [2.24, 2.45) is 0 Å². The average molecular weight is 1630 g/mol. The Bertz CT molecular complexity index is 2580. The summed E-state index contributed by atoms with van der Waals surface area (Å²) in [5.74, 6) is -1.56. The normalized spacial score (nSPS) is 14.4. The van der Waals surface area contributed by atoms with Gasteiger partial charge in [0.1, 0.15) is 25.4 Å². The van der Waals surface area contributed by atoms with Gasteiger partial charge in [-0.05, 0) is 116 Å². The Labute approximate surface area is 690 Å². The van der Waals surface area contributed by atoms with Crippen LogP contribution in [0.3, 0.4) is 0 Å². The highest BCUT2D eigenvalue weighted by Crippen LogP contribution is 2.45. The molecular weight excluding hydrogens is 1460 g/mol. The quantitative estimate of drug-likeness (QED) is 0.0146. The molecule has 0 aliphatic heterocycles. The molecule has 0 amide bonds. The van der Waals surface area contributed by atoms with Crippen LogP contribution < -0.4 is 0 Å². The Kier molecular flexibility index (Phi) is 83.7. The first kappa shape index (κ1) is 109. The zero-order valence-electron chi connectivity index (χ0n) is 71.8. The minimum Gasteiger partial charge on any atom is -0.463 e. The molecule has 0 fully saturated rings. The van der Waals surface area contributed by atoms with Crippen LogP contribution in [-0.4, -0.2) is 95.9 Å². The van der Waals surface area contributed by atoms with Gasteiger partial charge in [0.15, 0.2) is 6.10 Å². The molecule has 0 aliphatic rings. The Hall–Kier alpha value is -4.31. The molecule has 18 heteroatoms. The van der Waals surface area contributed by atoms with Gasteiger partial charge < -0.3 is 34.2 Å². The maximum Gasteiger partial charge on any atom is 0.472 e. The highest BCUT2D eigenvalue weighted by Gasteiger charge is 2.29. The Balaban J connectivity index is 4.43. The van der Waals surface area contributed by atoms with E-state index in [2.05, 4.69) is 154 Å². The lowest BCUT2D eigenvalue weighted by molar-refractivity contribution is -0.161. The van der Waals surface area contributed by atoms with Crippen molar-refractivity contribution in [1.29, 1.82) is 0 Å². The smallest absolute Gasteiger partial charge is 0.463 e. The summed E-state index contributed by atoms with van der Waals surface area (Å²) >= 11 is 0. The Morgan fingerprint density at radius 2 is 0.469 bits per heavy atom. The summed E-state index contributed by atoms with van der Waals surface area (Å²) in [7, 11) is -9.79. The van der Waals surface area contributed by atoms with Gasteiger partial charge in [-0.15, -0.1) is 0 Å². The van der Waals surface area contributed by atoms with Gasteiger partial charge >= 0.3 is 33.6 Å². The van der Waals surface area contributed by atoms with E-state index in [0.29, 0.717) is 19.3 Å². The third-order valence-electron chi connectivity index (χ3n) is 19.4. The van der Waals surface area contributed by atoms with E-state index in [1.807, 2.05) is 0 Å². The van der Waals surface area contributed by atoms with Crippen molar-refractivity contribution in [2.75, 3.05) is 39.6 Å². The topological polar surface area (TPSA) is 231 Å². The minimum atomic E-state index is -4.93. The molecular formula is C95H166O16P2. The number of hydrogen-bond donors (Lipinski definition) is 4. The van der Waals surface area contributed by atoms with E-state index in [9.17, 15) is 43.5 Å². The lowest BCUT2D eigenvalue weighted by Crippen LogP contribution is -2.30. The third kappa shape index (κ3) is 88.3. The number of rotatable bonds is 86. The van der Waals surface area contributed by atoms with Crippen molar-refractivity contribution in [3.63, 3.8) is 0 Å². The van der Waals surface area contributed by atoms with Crippen molar-refractivity contribution in [1.82, 2.24) is 0 Å². The predicted octanol–water partition coefficient (Wildman–Crippen LogP) is 27.8. The number of unbranched alkanes of at least 4 members (excludes halogenated alkanes) is 41. The number of esters is 3. The van der Waals surface area contributed by atoms with Gasteiger partial charge in [-0.1, -0.05) is 392 Å². The molecule has 4 N–H and O–H groups in total. The van der Waals surface area contributed by atoms with Crippen molar-refractivity contribution < 1.29 is 75.8 Å². The fourth-order valence-electron chi connectivity index (χ4n) is 12.5. The van der Waals surface area contributed by atoms with Crippen LogP contribution >= 0.6 is 15.6 Å². The molecule has 16 nitrogen and oxygen atoms in total. The molecule has 5 atom stereocenters. The standard InChI is InChI=1S/C95H166O16P2/c1-4-7-10-13-16-19-22-25-28-30-32-34-36-38-40-41-42-43-44-45-46-47-49-51-52-54-56-58-61-63-66-69-72-75-78-81-93(98)105-84-90(96)85-107-112(101,102)108-86-91(97)87-109-113(103,104)110-89-92(111-95(100)83-80-77-74-71-68-65-60-27-24-21-18-15-12-9-6-3)88-106-94(99)82-79-76-73-70-67-64-62-59-57-55-53-50-48-39-37-35-33-31-29-26-23-20-17-14-11-8-5-2/h7-8,10-11,16-17,19-20,25-26,28-29,32-35,38-40,42-43,48,90-92,96-97H,4-6,9,12-15,18,21-24,27,30-31,36-37,41,44-47,49-89H2,1-3H3,(H,101,102)(H,103,104)/b10-7-,11-8-,19-16-,20-17-,28-25-,29-26-,34-32-,35-33-,40-38-,43-42-,48-39-. The summed E-state index contributed by atoms with van der Waals surface area (Å²) in [6.07, 6.45) is 108. The number of phosphoric ester groups is 2. The molecule has 0 spiro atoms. The van der Waals surface area contributed by atoms with Crippen LogP contribution in [0, 0.1) is 0 Å². The zero-order chi connectivity index (χ0) is 82.2. The summed E-state index contributed by atoms with van der Waals surface area (Å²) < 4.78 is 61.4. The molecule has 0 aromatic carbocycles. The highest BCUT2D eigenvalue weighted by molar-refractivity contribution is 7.47. The first-order valence-corrected chi connectivity index (χ1v) is 48.5. The number of aliphatic hydroxyl groups excluding tert-OH is 2. The van der Waals surface area contributed by atoms with Crippen LogP contribution in [0.25, 0.3) is 0 Å². The summed E-state index contributed by atoms with van der Waals surface area (Å²) in [6.45, 7) is 2.52. The summed E-state index contributed by atoms with van der Waals surface area (Å²) in [5, 5.41) is 20.7. The van der Waals surface area contributed by atoms with Crippen molar-refractivity contribution in [3.05, 3.63) is 134 Å². The maximum absolute atomic E-state index is 13.0. The fourth-order valence-corrected chi connectivity index (χ4v) is 14.1. The molecule has 5 unspecified atom stereocenters. The summed E-state index contributed by atoms with van der Waals surface area (Å²) in [4.78, 5) is 58.9. The monoisotopic (exact) mass is 1630 g/mol. The second-order valence-corrected chi connectivity index (χ2v) is 33.3. The van der Waals surface area contributed by atoms with Gasteiger partial charge in [0, 0.05) is 19.3 Å². The van der Waals surface area contributed by atoms with Gasteiger partial charge in [-0.2, -0.15) is 0 Å². The van der Waals surface area contributed by atoms with Crippen LogP contribution in [0.4, 0.5) is 0 Å².